The van der Waals surface area contributed by atoms with E-state index in [0.717, 1.165) is 23.6 Å². The molecule has 0 aliphatic heterocycles. The van der Waals surface area contributed by atoms with E-state index >= 15 is 0 Å². The van der Waals surface area contributed by atoms with Crippen molar-refractivity contribution in [1.29, 1.82) is 0 Å². The van der Waals surface area contributed by atoms with Crippen molar-refractivity contribution in [3.63, 3.8) is 0 Å². The van der Waals surface area contributed by atoms with Crippen molar-refractivity contribution in [2.45, 2.75) is 26.7 Å². The number of rotatable bonds is 6. The molecule has 2 rings (SSSR count). The second kappa shape index (κ2) is 6.27. The fourth-order valence-corrected chi connectivity index (χ4v) is 3.79. The van der Waals surface area contributed by atoms with Gasteiger partial charge in [0.2, 0.25) is 0 Å². The topological polar surface area (TPSA) is 43.4 Å². The first-order valence-electron chi connectivity index (χ1n) is 6.95. The van der Waals surface area contributed by atoms with Gasteiger partial charge in [0.05, 0.1) is 5.75 Å². The van der Waals surface area contributed by atoms with E-state index in [-0.39, 0.29) is 11.7 Å². The molecule has 20 heavy (non-hydrogen) atoms. The third-order valence-corrected chi connectivity index (χ3v) is 4.87. The molecule has 0 N–H and O–H groups in total. The fraction of sp³-hybridized carbons (Fsp3) is 0.375. The van der Waals surface area contributed by atoms with Crippen LogP contribution >= 0.6 is 0 Å². The van der Waals surface area contributed by atoms with Crippen LogP contribution in [0.4, 0.5) is 0 Å². The van der Waals surface area contributed by atoms with Crippen molar-refractivity contribution < 1.29 is 12.6 Å². The summed E-state index contributed by atoms with van der Waals surface area (Å²) in [6.07, 6.45) is 1.68. The molecule has 0 fully saturated rings. The summed E-state index contributed by atoms with van der Waals surface area (Å²) in [5, 5.41) is 1.80. The monoisotopic (exact) mass is 292 g/mol. The van der Waals surface area contributed by atoms with E-state index in [1.54, 1.807) is 6.07 Å². The Hall–Kier alpha value is -1.55. The highest BCUT2D eigenvalue weighted by Gasteiger charge is 2.19. The molecule has 2 aromatic rings. The fourth-order valence-electron chi connectivity index (χ4n) is 2.25. The van der Waals surface area contributed by atoms with E-state index in [4.69, 9.17) is 4.18 Å². The summed E-state index contributed by atoms with van der Waals surface area (Å²) in [5.41, 5.74) is 0. The first-order chi connectivity index (χ1) is 9.55. The standard InChI is InChI=1S/C16H20O3S/c1-3-13(4-2)12-20(17,18)19-16-11-7-9-14-8-5-6-10-15(14)16/h5-11,13H,3-4,12H2,1-2H3. The minimum absolute atomic E-state index is 0.0726. The number of hydrogen-bond acceptors (Lipinski definition) is 3. The van der Waals surface area contributed by atoms with Gasteiger partial charge in [-0.25, -0.2) is 0 Å². The van der Waals surface area contributed by atoms with Crippen LogP contribution in [0.5, 0.6) is 5.75 Å². The Bertz CT molecular complexity index is 668. The zero-order valence-electron chi connectivity index (χ0n) is 11.9. The molecule has 0 saturated heterocycles. The maximum absolute atomic E-state index is 12.1. The maximum Gasteiger partial charge on any atom is 0.309 e. The Morgan fingerprint density at radius 1 is 1.00 bits per heavy atom. The SMILES string of the molecule is CCC(CC)CS(=O)(=O)Oc1cccc2ccccc12. The lowest BCUT2D eigenvalue weighted by atomic mass is 10.1. The summed E-state index contributed by atoms with van der Waals surface area (Å²) in [7, 11) is -3.55. The second-order valence-corrected chi connectivity index (χ2v) is 6.58. The average Bonchev–Trinajstić information content (AvgIpc) is 2.45. The van der Waals surface area contributed by atoms with Gasteiger partial charge in [-0.3, -0.25) is 0 Å². The van der Waals surface area contributed by atoms with Crippen molar-refractivity contribution in [2.75, 3.05) is 5.75 Å². The molecule has 0 spiro atoms. The molecule has 0 radical (unpaired) electrons. The second-order valence-electron chi connectivity index (χ2n) is 4.97. The van der Waals surface area contributed by atoms with Gasteiger partial charge in [0.1, 0.15) is 5.75 Å². The number of hydrogen-bond donors (Lipinski definition) is 0. The van der Waals surface area contributed by atoms with Crippen LogP contribution in [0.2, 0.25) is 0 Å². The van der Waals surface area contributed by atoms with Gasteiger partial charge in [-0.15, -0.1) is 0 Å². The zero-order valence-corrected chi connectivity index (χ0v) is 12.7. The maximum atomic E-state index is 12.1. The van der Waals surface area contributed by atoms with Crippen molar-refractivity contribution >= 4 is 20.9 Å². The van der Waals surface area contributed by atoms with Gasteiger partial charge in [0.15, 0.2) is 0 Å². The normalized spacial score (nSPS) is 11.9. The lowest BCUT2D eigenvalue weighted by Gasteiger charge is -2.14. The highest BCUT2D eigenvalue weighted by Crippen LogP contribution is 2.27. The van der Waals surface area contributed by atoms with Gasteiger partial charge in [-0.2, -0.15) is 8.42 Å². The van der Waals surface area contributed by atoms with E-state index in [1.807, 2.05) is 50.2 Å². The van der Waals surface area contributed by atoms with Crippen molar-refractivity contribution in [1.82, 2.24) is 0 Å². The molecule has 2 aromatic carbocycles. The Kier molecular flexibility index (Phi) is 4.65. The van der Waals surface area contributed by atoms with Crippen LogP contribution in [0.15, 0.2) is 42.5 Å². The minimum atomic E-state index is -3.55. The Morgan fingerprint density at radius 3 is 2.35 bits per heavy atom. The minimum Gasteiger partial charge on any atom is -0.382 e. The van der Waals surface area contributed by atoms with E-state index in [2.05, 4.69) is 0 Å². The van der Waals surface area contributed by atoms with Crippen LogP contribution in [0.1, 0.15) is 26.7 Å². The van der Waals surface area contributed by atoms with Crippen LogP contribution < -0.4 is 4.18 Å². The van der Waals surface area contributed by atoms with Crippen molar-refractivity contribution in [3.8, 4) is 5.75 Å². The van der Waals surface area contributed by atoms with Crippen LogP contribution in [-0.2, 0) is 10.1 Å². The van der Waals surface area contributed by atoms with Crippen LogP contribution in [-0.4, -0.2) is 14.2 Å². The largest absolute Gasteiger partial charge is 0.382 e. The van der Waals surface area contributed by atoms with Gasteiger partial charge in [0, 0.05) is 5.39 Å². The molecule has 4 heteroatoms. The highest BCUT2D eigenvalue weighted by molar-refractivity contribution is 7.87. The third-order valence-electron chi connectivity index (χ3n) is 3.56. The predicted octanol–water partition coefficient (Wildman–Crippen LogP) is 3.98. The molecule has 0 aromatic heterocycles. The first kappa shape index (κ1) is 14.9. The quantitative estimate of drug-likeness (QED) is 0.756. The van der Waals surface area contributed by atoms with Gasteiger partial charge < -0.3 is 4.18 Å². The number of fused-ring (bicyclic) bond motifs is 1. The lowest BCUT2D eigenvalue weighted by Crippen LogP contribution is -2.20. The Morgan fingerprint density at radius 2 is 1.65 bits per heavy atom. The summed E-state index contributed by atoms with van der Waals surface area (Å²) in [6, 6.07) is 13.1. The molecule has 0 bridgehead atoms. The molecule has 0 aliphatic rings. The predicted molar refractivity (Wildman–Crippen MR) is 82.4 cm³/mol. The molecule has 3 nitrogen and oxygen atoms in total. The molecule has 108 valence electrons. The molecule has 0 aliphatic carbocycles. The van der Waals surface area contributed by atoms with E-state index < -0.39 is 10.1 Å². The average molecular weight is 292 g/mol. The number of benzene rings is 2. The van der Waals surface area contributed by atoms with Crippen molar-refractivity contribution in [3.05, 3.63) is 42.5 Å². The van der Waals surface area contributed by atoms with E-state index in [0.29, 0.717) is 5.75 Å². The van der Waals surface area contributed by atoms with Gasteiger partial charge in [-0.05, 0) is 17.4 Å². The van der Waals surface area contributed by atoms with Gasteiger partial charge in [0.25, 0.3) is 0 Å². The summed E-state index contributed by atoms with van der Waals surface area (Å²) < 4.78 is 29.6. The smallest absolute Gasteiger partial charge is 0.309 e. The molecular weight excluding hydrogens is 272 g/mol. The zero-order chi connectivity index (χ0) is 14.6. The molecule has 0 saturated carbocycles. The Labute approximate surface area is 120 Å². The molecule has 0 unspecified atom stereocenters. The van der Waals surface area contributed by atoms with E-state index in [9.17, 15) is 8.42 Å². The van der Waals surface area contributed by atoms with Crippen molar-refractivity contribution in [2.24, 2.45) is 5.92 Å². The molecule has 0 atom stereocenters. The first-order valence-corrected chi connectivity index (χ1v) is 8.53. The summed E-state index contributed by atoms with van der Waals surface area (Å²) in [4.78, 5) is 0. The van der Waals surface area contributed by atoms with Crippen LogP contribution in [0.25, 0.3) is 10.8 Å². The Balaban J connectivity index is 2.27. The summed E-state index contributed by atoms with van der Waals surface area (Å²) in [5.74, 6) is 0.632. The summed E-state index contributed by atoms with van der Waals surface area (Å²) in [6.45, 7) is 4.00. The molecular formula is C16H20O3S. The molecule has 0 heterocycles. The van der Waals surface area contributed by atoms with Gasteiger partial charge >= 0.3 is 10.1 Å². The lowest BCUT2D eigenvalue weighted by molar-refractivity contribution is 0.460. The van der Waals surface area contributed by atoms with E-state index in [1.165, 1.54) is 0 Å². The van der Waals surface area contributed by atoms with Gasteiger partial charge in [-0.1, -0.05) is 63.1 Å². The summed E-state index contributed by atoms with van der Waals surface area (Å²) >= 11 is 0. The van der Waals surface area contributed by atoms with Crippen LogP contribution in [0, 0.1) is 5.92 Å². The highest BCUT2D eigenvalue weighted by atomic mass is 32.2. The third kappa shape index (κ3) is 3.51. The molecule has 0 amide bonds. The van der Waals surface area contributed by atoms with Crippen LogP contribution in [0.3, 0.4) is 0 Å².